The van der Waals surface area contributed by atoms with Gasteiger partial charge in [0, 0.05) is 11.4 Å². The van der Waals surface area contributed by atoms with Crippen LogP contribution < -0.4 is 5.32 Å². The van der Waals surface area contributed by atoms with Crippen LogP contribution in [0.2, 0.25) is 0 Å². The summed E-state index contributed by atoms with van der Waals surface area (Å²) >= 11 is 1.82. The van der Waals surface area contributed by atoms with Crippen molar-refractivity contribution >= 4 is 11.3 Å². The van der Waals surface area contributed by atoms with E-state index in [2.05, 4.69) is 54.0 Å². The van der Waals surface area contributed by atoms with Gasteiger partial charge in [0.25, 0.3) is 0 Å². The van der Waals surface area contributed by atoms with Crippen molar-refractivity contribution in [2.24, 2.45) is 0 Å². The maximum Gasteiger partial charge on any atom is 0.0299 e. The fraction of sp³-hybridized carbons (Fsp3) is 0.333. The van der Waals surface area contributed by atoms with Gasteiger partial charge >= 0.3 is 0 Å². The molecular weight excluding hydrogens is 226 g/mol. The van der Waals surface area contributed by atoms with E-state index in [4.69, 9.17) is 0 Å². The van der Waals surface area contributed by atoms with Crippen LogP contribution in [0.1, 0.15) is 22.4 Å². The molecular formula is C15H19NS. The third-order valence-corrected chi connectivity index (χ3v) is 3.70. The molecule has 17 heavy (non-hydrogen) atoms. The molecule has 0 aliphatic heterocycles. The maximum absolute atomic E-state index is 3.48. The fourth-order valence-corrected chi connectivity index (χ4v) is 2.47. The van der Waals surface area contributed by atoms with E-state index in [9.17, 15) is 0 Å². The minimum absolute atomic E-state index is 1.01. The zero-order chi connectivity index (χ0) is 11.9. The summed E-state index contributed by atoms with van der Waals surface area (Å²) in [5.41, 5.74) is 2.78. The van der Waals surface area contributed by atoms with Crippen LogP contribution in [0.5, 0.6) is 0 Å². The average molecular weight is 245 g/mol. The van der Waals surface area contributed by atoms with Gasteiger partial charge in [-0.25, -0.2) is 0 Å². The van der Waals surface area contributed by atoms with E-state index in [1.807, 2.05) is 11.3 Å². The molecule has 0 saturated carbocycles. The standard InChI is InChI=1S/C15H19NS/c1-13-6-8-14(9-7-13)4-2-10-16-12-15-5-3-11-17-15/h3,5-9,11,16H,2,4,10,12H2,1H3. The van der Waals surface area contributed by atoms with Crippen LogP contribution in [0, 0.1) is 6.92 Å². The Morgan fingerprint density at radius 1 is 1.12 bits per heavy atom. The lowest BCUT2D eigenvalue weighted by molar-refractivity contribution is 0.654. The number of rotatable bonds is 6. The smallest absolute Gasteiger partial charge is 0.0299 e. The summed E-state index contributed by atoms with van der Waals surface area (Å²) in [5, 5.41) is 5.61. The Bertz CT molecular complexity index is 417. The van der Waals surface area contributed by atoms with Crippen molar-refractivity contribution in [2.45, 2.75) is 26.3 Å². The van der Waals surface area contributed by atoms with Crippen molar-refractivity contribution in [1.29, 1.82) is 0 Å². The number of hydrogen-bond acceptors (Lipinski definition) is 2. The van der Waals surface area contributed by atoms with Gasteiger partial charge in [0.05, 0.1) is 0 Å². The van der Waals surface area contributed by atoms with Crippen molar-refractivity contribution < 1.29 is 0 Å². The summed E-state index contributed by atoms with van der Waals surface area (Å²) in [6, 6.07) is 13.1. The van der Waals surface area contributed by atoms with E-state index in [0.717, 1.165) is 19.5 Å². The highest BCUT2D eigenvalue weighted by Crippen LogP contribution is 2.08. The van der Waals surface area contributed by atoms with E-state index in [1.54, 1.807) is 0 Å². The van der Waals surface area contributed by atoms with Crippen LogP contribution in [0.3, 0.4) is 0 Å². The lowest BCUT2D eigenvalue weighted by Crippen LogP contribution is -2.14. The van der Waals surface area contributed by atoms with Gasteiger partial charge in [0.1, 0.15) is 0 Å². The highest BCUT2D eigenvalue weighted by molar-refractivity contribution is 7.09. The molecule has 0 aliphatic carbocycles. The van der Waals surface area contributed by atoms with Gasteiger partial charge in [0.2, 0.25) is 0 Å². The quantitative estimate of drug-likeness (QED) is 0.764. The first-order chi connectivity index (χ1) is 8.34. The molecule has 0 aliphatic rings. The first-order valence-corrected chi connectivity index (χ1v) is 7.01. The largest absolute Gasteiger partial charge is 0.312 e. The monoisotopic (exact) mass is 245 g/mol. The summed E-state index contributed by atoms with van der Waals surface area (Å²) in [6.45, 7) is 4.23. The third-order valence-electron chi connectivity index (χ3n) is 2.82. The highest BCUT2D eigenvalue weighted by Gasteiger charge is 1.95. The van der Waals surface area contributed by atoms with E-state index in [1.165, 1.54) is 22.4 Å². The van der Waals surface area contributed by atoms with Gasteiger partial charge in [0.15, 0.2) is 0 Å². The van der Waals surface area contributed by atoms with Crippen molar-refractivity contribution in [3.8, 4) is 0 Å². The number of benzene rings is 1. The Balaban J connectivity index is 1.61. The van der Waals surface area contributed by atoms with E-state index < -0.39 is 0 Å². The third kappa shape index (κ3) is 4.33. The van der Waals surface area contributed by atoms with Crippen LogP contribution in [-0.2, 0) is 13.0 Å². The molecule has 0 bridgehead atoms. The van der Waals surface area contributed by atoms with Crippen LogP contribution in [-0.4, -0.2) is 6.54 Å². The summed E-state index contributed by atoms with van der Waals surface area (Å²) in [7, 11) is 0. The zero-order valence-electron chi connectivity index (χ0n) is 10.3. The van der Waals surface area contributed by atoms with Crippen LogP contribution in [0.15, 0.2) is 41.8 Å². The predicted octanol–water partition coefficient (Wildman–Crippen LogP) is 3.78. The Kier molecular flexibility index (Phi) is 4.77. The van der Waals surface area contributed by atoms with Gasteiger partial charge < -0.3 is 5.32 Å². The van der Waals surface area contributed by atoms with Crippen molar-refractivity contribution in [3.63, 3.8) is 0 Å². The van der Waals surface area contributed by atoms with Gasteiger partial charge in [-0.15, -0.1) is 11.3 Å². The molecule has 1 N–H and O–H groups in total. The second kappa shape index (κ2) is 6.58. The molecule has 0 amide bonds. The molecule has 0 unspecified atom stereocenters. The predicted molar refractivity (Wildman–Crippen MR) is 75.5 cm³/mol. The second-order valence-electron chi connectivity index (χ2n) is 4.35. The van der Waals surface area contributed by atoms with Gasteiger partial charge in [-0.3, -0.25) is 0 Å². The van der Waals surface area contributed by atoms with Gasteiger partial charge in [-0.05, 0) is 43.3 Å². The number of nitrogens with one attached hydrogen (secondary N) is 1. The van der Waals surface area contributed by atoms with Crippen molar-refractivity contribution in [1.82, 2.24) is 5.32 Å². The molecule has 0 atom stereocenters. The molecule has 90 valence electrons. The maximum atomic E-state index is 3.48. The Morgan fingerprint density at radius 3 is 2.65 bits per heavy atom. The minimum Gasteiger partial charge on any atom is -0.312 e. The number of aryl methyl sites for hydroxylation is 2. The molecule has 2 rings (SSSR count). The lowest BCUT2D eigenvalue weighted by atomic mass is 10.1. The summed E-state index contributed by atoms with van der Waals surface area (Å²) < 4.78 is 0. The fourth-order valence-electron chi connectivity index (χ4n) is 1.80. The molecule has 0 radical (unpaired) electrons. The van der Waals surface area contributed by atoms with Crippen molar-refractivity contribution in [3.05, 3.63) is 57.8 Å². The molecule has 1 aromatic carbocycles. The van der Waals surface area contributed by atoms with E-state index in [-0.39, 0.29) is 0 Å². The molecule has 1 nitrogen and oxygen atoms in total. The van der Waals surface area contributed by atoms with Crippen LogP contribution >= 0.6 is 11.3 Å². The number of hydrogen-bond donors (Lipinski definition) is 1. The zero-order valence-corrected chi connectivity index (χ0v) is 11.1. The van der Waals surface area contributed by atoms with E-state index in [0.29, 0.717) is 0 Å². The van der Waals surface area contributed by atoms with Crippen LogP contribution in [0.4, 0.5) is 0 Å². The van der Waals surface area contributed by atoms with Crippen molar-refractivity contribution in [2.75, 3.05) is 6.54 Å². The summed E-state index contributed by atoms with van der Waals surface area (Å²) in [5.74, 6) is 0. The van der Waals surface area contributed by atoms with E-state index >= 15 is 0 Å². The Morgan fingerprint density at radius 2 is 1.94 bits per heavy atom. The topological polar surface area (TPSA) is 12.0 Å². The first kappa shape index (κ1) is 12.3. The molecule has 1 aromatic heterocycles. The summed E-state index contributed by atoms with van der Waals surface area (Å²) in [4.78, 5) is 1.42. The molecule has 0 saturated heterocycles. The van der Waals surface area contributed by atoms with Crippen LogP contribution in [0.25, 0.3) is 0 Å². The number of thiophene rings is 1. The molecule has 0 fully saturated rings. The average Bonchev–Trinajstić information content (AvgIpc) is 2.84. The Hall–Kier alpha value is -1.12. The SMILES string of the molecule is Cc1ccc(CCCNCc2cccs2)cc1. The normalized spacial score (nSPS) is 10.6. The van der Waals surface area contributed by atoms with Gasteiger partial charge in [-0.1, -0.05) is 35.9 Å². The molecule has 0 spiro atoms. The molecule has 2 heteroatoms. The summed E-state index contributed by atoms with van der Waals surface area (Å²) in [6.07, 6.45) is 2.37. The Labute approximate surface area is 108 Å². The first-order valence-electron chi connectivity index (χ1n) is 6.13. The molecule has 1 heterocycles. The van der Waals surface area contributed by atoms with Gasteiger partial charge in [-0.2, -0.15) is 0 Å². The molecule has 2 aromatic rings. The minimum atomic E-state index is 1.01. The highest BCUT2D eigenvalue weighted by atomic mass is 32.1. The lowest BCUT2D eigenvalue weighted by Gasteiger charge is -2.04. The second-order valence-corrected chi connectivity index (χ2v) is 5.38.